The minimum atomic E-state index is -2.85. The molecule has 1 aromatic carbocycles. The fourth-order valence-corrected chi connectivity index (χ4v) is 4.64. The average molecular weight is 289 g/mol. The molecule has 0 radical (unpaired) electrons. The molecule has 1 aliphatic heterocycles. The van der Waals surface area contributed by atoms with Gasteiger partial charge < -0.3 is 4.74 Å². The highest BCUT2D eigenvalue weighted by Crippen LogP contribution is 2.27. The molecule has 18 heavy (non-hydrogen) atoms. The first-order valence-electron chi connectivity index (χ1n) is 5.97. The molecule has 0 N–H and O–H groups in total. The van der Waals surface area contributed by atoms with E-state index in [0.29, 0.717) is 12.8 Å². The molecule has 2 atom stereocenters. The normalized spacial score (nSPS) is 23.8. The Bertz CT molecular complexity index is 495. The van der Waals surface area contributed by atoms with Crippen molar-refractivity contribution in [1.82, 2.24) is 0 Å². The van der Waals surface area contributed by atoms with Crippen LogP contribution in [0, 0.1) is 5.92 Å². The second-order valence-electron chi connectivity index (χ2n) is 4.73. The van der Waals surface area contributed by atoms with Crippen molar-refractivity contribution >= 4 is 21.4 Å². The van der Waals surface area contributed by atoms with Gasteiger partial charge in [-0.15, -0.1) is 11.6 Å². The highest BCUT2D eigenvalue weighted by Gasteiger charge is 2.32. The van der Waals surface area contributed by atoms with Crippen LogP contribution >= 0.6 is 11.6 Å². The molecular formula is C13H17ClO3S. The molecule has 2 unspecified atom stereocenters. The lowest BCUT2D eigenvalue weighted by Crippen LogP contribution is -2.18. The summed E-state index contributed by atoms with van der Waals surface area (Å²) >= 11 is 6.33. The number of ether oxygens (including phenoxy) is 1. The van der Waals surface area contributed by atoms with Crippen LogP contribution in [0.4, 0.5) is 0 Å². The SMILES string of the molecule is COc1ccc(CC(Cl)C2CCS(=O)(=O)C2)cc1. The smallest absolute Gasteiger partial charge is 0.150 e. The maximum absolute atomic E-state index is 11.4. The van der Waals surface area contributed by atoms with Gasteiger partial charge >= 0.3 is 0 Å². The third-order valence-corrected chi connectivity index (χ3v) is 5.67. The van der Waals surface area contributed by atoms with Crippen LogP contribution in [-0.4, -0.2) is 32.4 Å². The summed E-state index contributed by atoms with van der Waals surface area (Å²) in [7, 11) is -1.22. The number of methoxy groups -OCH3 is 1. The second kappa shape index (κ2) is 5.49. The van der Waals surface area contributed by atoms with Crippen LogP contribution in [0.15, 0.2) is 24.3 Å². The molecule has 5 heteroatoms. The number of rotatable bonds is 4. The van der Waals surface area contributed by atoms with E-state index in [1.54, 1.807) is 7.11 Å². The number of benzene rings is 1. The van der Waals surface area contributed by atoms with Gasteiger partial charge in [0.2, 0.25) is 0 Å². The Morgan fingerprint density at radius 1 is 1.39 bits per heavy atom. The Labute approximate surface area is 113 Å². The minimum Gasteiger partial charge on any atom is -0.497 e. The van der Waals surface area contributed by atoms with Gasteiger partial charge in [-0.25, -0.2) is 8.42 Å². The molecule has 0 amide bonds. The summed E-state index contributed by atoms with van der Waals surface area (Å²) < 4.78 is 27.9. The molecule has 0 bridgehead atoms. The van der Waals surface area contributed by atoms with Crippen LogP contribution in [0.1, 0.15) is 12.0 Å². The summed E-state index contributed by atoms with van der Waals surface area (Å²) in [6, 6.07) is 7.73. The lowest BCUT2D eigenvalue weighted by molar-refractivity contribution is 0.414. The zero-order chi connectivity index (χ0) is 13.2. The molecule has 0 spiro atoms. The van der Waals surface area contributed by atoms with E-state index in [-0.39, 0.29) is 22.8 Å². The summed E-state index contributed by atoms with van der Waals surface area (Å²) in [6.07, 6.45) is 1.39. The number of alkyl halides is 1. The van der Waals surface area contributed by atoms with Gasteiger partial charge in [0.15, 0.2) is 9.84 Å². The number of halogens is 1. The van der Waals surface area contributed by atoms with Crippen LogP contribution in [-0.2, 0) is 16.3 Å². The molecule has 0 saturated carbocycles. The zero-order valence-corrected chi connectivity index (χ0v) is 11.9. The standard InChI is InChI=1S/C13H17ClO3S/c1-17-12-4-2-10(3-5-12)8-13(14)11-6-7-18(15,16)9-11/h2-5,11,13H,6-9H2,1H3. The third-order valence-electron chi connectivity index (χ3n) is 3.37. The quantitative estimate of drug-likeness (QED) is 0.799. The van der Waals surface area contributed by atoms with E-state index in [1.807, 2.05) is 24.3 Å². The van der Waals surface area contributed by atoms with Gasteiger partial charge in [0.05, 0.1) is 18.6 Å². The molecule has 2 rings (SSSR count). The van der Waals surface area contributed by atoms with E-state index in [0.717, 1.165) is 11.3 Å². The topological polar surface area (TPSA) is 43.4 Å². The summed E-state index contributed by atoms with van der Waals surface area (Å²) in [5, 5.41) is -0.115. The van der Waals surface area contributed by atoms with Gasteiger partial charge in [0.25, 0.3) is 0 Å². The predicted octanol–water partition coefficient (Wildman–Crippen LogP) is 2.28. The molecule has 0 aromatic heterocycles. The number of hydrogen-bond donors (Lipinski definition) is 0. The highest BCUT2D eigenvalue weighted by molar-refractivity contribution is 7.91. The Morgan fingerprint density at radius 3 is 2.56 bits per heavy atom. The van der Waals surface area contributed by atoms with Gasteiger partial charge in [-0.05, 0) is 36.5 Å². The van der Waals surface area contributed by atoms with Crippen molar-refractivity contribution < 1.29 is 13.2 Å². The maximum Gasteiger partial charge on any atom is 0.150 e. The van der Waals surface area contributed by atoms with E-state index in [4.69, 9.17) is 16.3 Å². The van der Waals surface area contributed by atoms with Gasteiger partial charge in [0.1, 0.15) is 5.75 Å². The van der Waals surface area contributed by atoms with Crippen molar-refractivity contribution in [2.24, 2.45) is 5.92 Å². The molecule has 0 aliphatic carbocycles. The molecule has 100 valence electrons. The summed E-state index contributed by atoms with van der Waals surface area (Å²) in [5.74, 6) is 1.41. The molecule has 1 fully saturated rings. The fourth-order valence-electron chi connectivity index (χ4n) is 2.26. The zero-order valence-electron chi connectivity index (χ0n) is 10.3. The van der Waals surface area contributed by atoms with Gasteiger partial charge in [-0.1, -0.05) is 12.1 Å². The van der Waals surface area contributed by atoms with Crippen molar-refractivity contribution in [3.05, 3.63) is 29.8 Å². The maximum atomic E-state index is 11.4. The molecular weight excluding hydrogens is 272 g/mol. The first-order valence-corrected chi connectivity index (χ1v) is 8.23. The molecule has 1 aromatic rings. The highest BCUT2D eigenvalue weighted by atomic mass is 35.5. The van der Waals surface area contributed by atoms with Crippen molar-refractivity contribution in [3.8, 4) is 5.75 Å². The summed E-state index contributed by atoms with van der Waals surface area (Å²) in [4.78, 5) is 0. The first kappa shape index (κ1) is 13.7. The van der Waals surface area contributed by atoms with Crippen LogP contribution in [0.25, 0.3) is 0 Å². The van der Waals surface area contributed by atoms with E-state index in [9.17, 15) is 8.42 Å². The Kier molecular flexibility index (Phi) is 4.17. The lowest BCUT2D eigenvalue weighted by atomic mass is 9.98. The fraction of sp³-hybridized carbons (Fsp3) is 0.538. The van der Waals surface area contributed by atoms with Crippen molar-refractivity contribution in [2.45, 2.75) is 18.2 Å². The van der Waals surface area contributed by atoms with E-state index in [2.05, 4.69) is 0 Å². The molecule has 1 aliphatic rings. The van der Waals surface area contributed by atoms with Crippen molar-refractivity contribution in [3.63, 3.8) is 0 Å². The Morgan fingerprint density at radius 2 is 2.06 bits per heavy atom. The van der Waals surface area contributed by atoms with E-state index >= 15 is 0 Å². The van der Waals surface area contributed by atoms with Crippen molar-refractivity contribution in [2.75, 3.05) is 18.6 Å². The second-order valence-corrected chi connectivity index (χ2v) is 7.52. The van der Waals surface area contributed by atoms with Crippen LogP contribution in [0.3, 0.4) is 0 Å². The first-order chi connectivity index (χ1) is 8.50. The lowest BCUT2D eigenvalue weighted by Gasteiger charge is -2.15. The van der Waals surface area contributed by atoms with Gasteiger partial charge in [-0.3, -0.25) is 0 Å². The molecule has 1 saturated heterocycles. The minimum absolute atomic E-state index is 0.0822. The van der Waals surface area contributed by atoms with Crippen LogP contribution in [0.2, 0.25) is 0 Å². The summed E-state index contributed by atoms with van der Waals surface area (Å²) in [5.41, 5.74) is 1.11. The number of sulfone groups is 1. The Hall–Kier alpha value is -0.740. The Balaban J connectivity index is 1.96. The summed E-state index contributed by atoms with van der Waals surface area (Å²) in [6.45, 7) is 0. The van der Waals surface area contributed by atoms with Crippen LogP contribution in [0.5, 0.6) is 5.75 Å². The van der Waals surface area contributed by atoms with E-state index < -0.39 is 9.84 Å². The average Bonchev–Trinajstić information content (AvgIpc) is 2.71. The van der Waals surface area contributed by atoms with Crippen molar-refractivity contribution in [1.29, 1.82) is 0 Å². The predicted molar refractivity (Wildman–Crippen MR) is 73.1 cm³/mol. The largest absolute Gasteiger partial charge is 0.497 e. The van der Waals surface area contributed by atoms with E-state index in [1.165, 1.54) is 0 Å². The monoisotopic (exact) mass is 288 g/mol. The molecule has 3 nitrogen and oxygen atoms in total. The molecule has 1 heterocycles. The van der Waals surface area contributed by atoms with Crippen LogP contribution < -0.4 is 4.74 Å². The number of hydrogen-bond acceptors (Lipinski definition) is 3. The van der Waals surface area contributed by atoms with Gasteiger partial charge in [0, 0.05) is 5.38 Å². The third kappa shape index (κ3) is 3.39. The van der Waals surface area contributed by atoms with Gasteiger partial charge in [-0.2, -0.15) is 0 Å².